The van der Waals surface area contributed by atoms with Gasteiger partial charge in [0.15, 0.2) is 0 Å². The summed E-state index contributed by atoms with van der Waals surface area (Å²) in [6.07, 6.45) is 0.953. The maximum Gasteiger partial charge on any atom is 0.229 e. The van der Waals surface area contributed by atoms with E-state index < -0.39 is 0 Å². The van der Waals surface area contributed by atoms with Crippen molar-refractivity contribution in [2.24, 2.45) is 5.92 Å². The molecule has 1 unspecified atom stereocenters. The number of likely N-dealkylation sites (tertiary alicyclic amines) is 1. The van der Waals surface area contributed by atoms with Crippen molar-refractivity contribution in [3.63, 3.8) is 0 Å². The van der Waals surface area contributed by atoms with E-state index in [1.807, 2.05) is 37.3 Å². The molecule has 26 heavy (non-hydrogen) atoms. The van der Waals surface area contributed by atoms with Crippen molar-refractivity contribution < 1.29 is 9.59 Å². The van der Waals surface area contributed by atoms with Gasteiger partial charge in [0.05, 0.1) is 5.92 Å². The number of halogens is 2. The predicted octanol–water partition coefficient (Wildman–Crippen LogP) is 4.33. The first-order valence-corrected chi connectivity index (χ1v) is 9.28. The summed E-state index contributed by atoms with van der Waals surface area (Å²) < 4.78 is 0. The lowest BCUT2D eigenvalue weighted by molar-refractivity contribution is -0.128. The Morgan fingerprint density at radius 3 is 2.77 bits per heavy atom. The average molecular weight is 391 g/mol. The fourth-order valence-corrected chi connectivity index (χ4v) is 3.49. The Labute approximate surface area is 163 Å². The van der Waals surface area contributed by atoms with E-state index in [-0.39, 0.29) is 24.2 Å². The molecule has 1 heterocycles. The van der Waals surface area contributed by atoms with Crippen LogP contribution >= 0.6 is 23.2 Å². The van der Waals surface area contributed by atoms with Gasteiger partial charge in [0.25, 0.3) is 0 Å². The van der Waals surface area contributed by atoms with Gasteiger partial charge in [-0.05, 0) is 48.7 Å². The van der Waals surface area contributed by atoms with E-state index in [0.29, 0.717) is 35.2 Å². The quantitative estimate of drug-likeness (QED) is 0.825. The molecule has 0 saturated carbocycles. The highest BCUT2D eigenvalue weighted by Crippen LogP contribution is 2.25. The van der Waals surface area contributed by atoms with Crippen molar-refractivity contribution in [2.45, 2.75) is 19.8 Å². The fraction of sp³-hybridized carbons (Fsp3) is 0.300. The Kier molecular flexibility index (Phi) is 5.84. The number of carbonyl (C=O) groups excluding carboxylic acids is 2. The van der Waals surface area contributed by atoms with Gasteiger partial charge in [-0.2, -0.15) is 0 Å². The summed E-state index contributed by atoms with van der Waals surface area (Å²) in [5, 5.41) is 4.19. The highest BCUT2D eigenvalue weighted by molar-refractivity contribution is 6.31. The summed E-state index contributed by atoms with van der Waals surface area (Å²) in [6.45, 7) is 2.87. The molecule has 0 bridgehead atoms. The lowest BCUT2D eigenvalue weighted by Gasteiger charge is -2.17. The molecule has 6 heteroatoms. The highest BCUT2D eigenvalue weighted by atomic mass is 35.5. The van der Waals surface area contributed by atoms with Crippen LogP contribution in [0.3, 0.4) is 0 Å². The first-order valence-electron chi connectivity index (χ1n) is 8.52. The van der Waals surface area contributed by atoms with Gasteiger partial charge >= 0.3 is 0 Å². The van der Waals surface area contributed by atoms with E-state index in [0.717, 1.165) is 11.1 Å². The van der Waals surface area contributed by atoms with Crippen molar-refractivity contribution in [1.29, 1.82) is 0 Å². The minimum absolute atomic E-state index is 0.00925. The third kappa shape index (κ3) is 4.37. The minimum Gasteiger partial charge on any atom is -0.342 e. The molecule has 4 nitrogen and oxygen atoms in total. The maximum atomic E-state index is 12.5. The molecule has 0 radical (unpaired) electrons. The normalized spacial score (nSPS) is 16.8. The molecule has 3 rings (SSSR count). The number of nitrogens with one attached hydrogen (secondary N) is 1. The molecule has 0 aliphatic carbocycles. The fourth-order valence-electron chi connectivity index (χ4n) is 3.10. The smallest absolute Gasteiger partial charge is 0.229 e. The second-order valence-electron chi connectivity index (χ2n) is 6.52. The lowest BCUT2D eigenvalue weighted by atomic mass is 10.1. The molecule has 1 N–H and O–H groups in total. The van der Waals surface area contributed by atoms with Crippen LogP contribution in [0.2, 0.25) is 10.0 Å². The molecule has 136 valence electrons. The largest absolute Gasteiger partial charge is 0.342 e. The van der Waals surface area contributed by atoms with Crippen LogP contribution in [-0.2, 0) is 16.0 Å². The number of anilines is 1. The van der Waals surface area contributed by atoms with E-state index in [1.54, 1.807) is 17.0 Å². The van der Waals surface area contributed by atoms with Gasteiger partial charge in [-0.1, -0.05) is 41.4 Å². The van der Waals surface area contributed by atoms with Crippen molar-refractivity contribution in [1.82, 2.24) is 4.90 Å². The third-order valence-corrected chi connectivity index (χ3v) is 5.31. The molecule has 1 aliphatic rings. The summed E-state index contributed by atoms with van der Waals surface area (Å²) in [4.78, 5) is 26.5. The number of rotatable bonds is 5. The molecule has 1 saturated heterocycles. The molecule has 2 amide bonds. The topological polar surface area (TPSA) is 49.4 Å². The maximum absolute atomic E-state index is 12.5. The molecular formula is C20H20Cl2N2O2. The van der Waals surface area contributed by atoms with Gasteiger partial charge in [0, 0.05) is 35.2 Å². The van der Waals surface area contributed by atoms with E-state index >= 15 is 0 Å². The number of carbonyl (C=O) groups is 2. The summed E-state index contributed by atoms with van der Waals surface area (Å²) >= 11 is 12.1. The Morgan fingerprint density at radius 2 is 2.00 bits per heavy atom. The van der Waals surface area contributed by atoms with Gasteiger partial charge in [0.1, 0.15) is 0 Å². The van der Waals surface area contributed by atoms with Gasteiger partial charge in [-0.3, -0.25) is 9.59 Å². The zero-order chi connectivity index (χ0) is 18.7. The van der Waals surface area contributed by atoms with Crippen LogP contribution in [-0.4, -0.2) is 29.8 Å². The van der Waals surface area contributed by atoms with Crippen molar-refractivity contribution in [3.05, 3.63) is 63.6 Å². The second kappa shape index (κ2) is 8.11. The molecule has 1 aliphatic heterocycles. The van der Waals surface area contributed by atoms with Crippen LogP contribution in [0.1, 0.15) is 17.5 Å². The van der Waals surface area contributed by atoms with Crippen LogP contribution in [0.4, 0.5) is 5.69 Å². The Hall–Kier alpha value is -2.04. The van der Waals surface area contributed by atoms with Crippen LogP contribution in [0, 0.1) is 12.8 Å². The zero-order valence-corrected chi connectivity index (χ0v) is 16.0. The van der Waals surface area contributed by atoms with E-state index in [4.69, 9.17) is 23.2 Å². The van der Waals surface area contributed by atoms with Gasteiger partial charge < -0.3 is 10.2 Å². The van der Waals surface area contributed by atoms with Crippen molar-refractivity contribution >= 4 is 40.7 Å². The molecule has 0 spiro atoms. The SMILES string of the molecule is Cc1c(Cl)cccc1NC(=O)C1CC(=O)N(CCc2cccc(Cl)c2)C1. The predicted molar refractivity (Wildman–Crippen MR) is 105 cm³/mol. The minimum atomic E-state index is -0.347. The highest BCUT2D eigenvalue weighted by Gasteiger charge is 2.34. The standard InChI is InChI=1S/C20H20Cl2N2O2/c1-13-17(22)6-3-7-18(13)23-20(26)15-11-19(25)24(12-15)9-8-14-4-2-5-16(21)10-14/h2-7,10,15H,8-9,11-12H2,1H3,(H,23,26). The van der Waals surface area contributed by atoms with Crippen molar-refractivity contribution in [3.8, 4) is 0 Å². The van der Waals surface area contributed by atoms with E-state index in [2.05, 4.69) is 5.32 Å². The van der Waals surface area contributed by atoms with E-state index in [1.165, 1.54) is 0 Å². The van der Waals surface area contributed by atoms with Gasteiger partial charge in [-0.25, -0.2) is 0 Å². The van der Waals surface area contributed by atoms with Crippen LogP contribution in [0.5, 0.6) is 0 Å². The number of benzene rings is 2. The Bertz CT molecular complexity index is 838. The summed E-state index contributed by atoms with van der Waals surface area (Å²) in [5.41, 5.74) is 2.59. The number of hydrogen-bond donors (Lipinski definition) is 1. The lowest BCUT2D eigenvalue weighted by Crippen LogP contribution is -2.30. The molecule has 1 atom stereocenters. The number of amides is 2. The van der Waals surface area contributed by atoms with Crippen molar-refractivity contribution in [2.75, 3.05) is 18.4 Å². The molecule has 0 aromatic heterocycles. The Balaban J connectivity index is 1.58. The van der Waals surface area contributed by atoms with Gasteiger partial charge in [-0.15, -0.1) is 0 Å². The molecule has 1 fully saturated rings. The van der Waals surface area contributed by atoms with Gasteiger partial charge in [0.2, 0.25) is 11.8 Å². The second-order valence-corrected chi connectivity index (χ2v) is 7.37. The Morgan fingerprint density at radius 1 is 1.23 bits per heavy atom. The first-order chi connectivity index (χ1) is 12.4. The van der Waals surface area contributed by atoms with E-state index in [9.17, 15) is 9.59 Å². The molecular weight excluding hydrogens is 371 g/mol. The average Bonchev–Trinajstić information content (AvgIpc) is 2.98. The zero-order valence-electron chi connectivity index (χ0n) is 14.5. The first kappa shape index (κ1) is 18.7. The third-order valence-electron chi connectivity index (χ3n) is 4.67. The van der Waals surface area contributed by atoms with Crippen LogP contribution in [0.15, 0.2) is 42.5 Å². The summed E-state index contributed by atoms with van der Waals surface area (Å²) in [6, 6.07) is 13.0. The van der Waals surface area contributed by atoms with Crippen LogP contribution < -0.4 is 5.32 Å². The summed E-state index contributed by atoms with van der Waals surface area (Å²) in [5.74, 6) is -0.482. The summed E-state index contributed by atoms with van der Waals surface area (Å²) in [7, 11) is 0. The monoisotopic (exact) mass is 390 g/mol. The molecule has 2 aromatic carbocycles. The number of hydrogen-bond acceptors (Lipinski definition) is 2. The molecule has 2 aromatic rings. The van der Waals surface area contributed by atoms with Crippen LogP contribution in [0.25, 0.3) is 0 Å². The number of nitrogens with zero attached hydrogens (tertiary/aromatic N) is 1.